The van der Waals surface area contributed by atoms with Crippen molar-refractivity contribution in [3.63, 3.8) is 0 Å². The Hall–Kier alpha value is -0.650. The summed E-state index contributed by atoms with van der Waals surface area (Å²) in [6.45, 7) is 0. The lowest BCUT2D eigenvalue weighted by Gasteiger charge is -2.11. The molecule has 0 aliphatic carbocycles. The molecule has 0 aromatic heterocycles. The van der Waals surface area contributed by atoms with Crippen LogP contribution in [0.5, 0.6) is 0 Å². The molecule has 0 heterocycles. The quantitative estimate of drug-likeness (QED) is 0.674. The molecule has 15 heavy (non-hydrogen) atoms. The van der Waals surface area contributed by atoms with Crippen LogP contribution in [-0.4, -0.2) is 18.2 Å². The molecule has 0 saturated heterocycles. The molecule has 6 heteroatoms. The number of carbonyl (C=O) groups is 1. The SMILES string of the molecule is COC(=O)C(O)c1cc(Br)c(F)cc1Cl. The van der Waals surface area contributed by atoms with E-state index in [-0.39, 0.29) is 15.1 Å². The number of esters is 1. The van der Waals surface area contributed by atoms with E-state index in [1.807, 2.05) is 0 Å². The van der Waals surface area contributed by atoms with Gasteiger partial charge in [-0.3, -0.25) is 0 Å². The molecule has 0 bridgehead atoms. The molecule has 0 aliphatic rings. The molecule has 1 aromatic carbocycles. The second-order valence-corrected chi connectivity index (χ2v) is 3.98. The lowest BCUT2D eigenvalue weighted by Crippen LogP contribution is -2.14. The van der Waals surface area contributed by atoms with Crippen LogP contribution in [0.4, 0.5) is 4.39 Å². The Labute approximate surface area is 98.9 Å². The van der Waals surface area contributed by atoms with Gasteiger partial charge in [0.15, 0.2) is 6.10 Å². The van der Waals surface area contributed by atoms with Crippen molar-refractivity contribution in [3.8, 4) is 0 Å². The highest BCUT2D eigenvalue weighted by molar-refractivity contribution is 9.10. The largest absolute Gasteiger partial charge is 0.467 e. The van der Waals surface area contributed by atoms with Gasteiger partial charge < -0.3 is 9.84 Å². The number of halogens is 3. The van der Waals surface area contributed by atoms with E-state index < -0.39 is 17.9 Å². The number of hydrogen-bond donors (Lipinski definition) is 1. The Morgan fingerprint density at radius 3 is 2.80 bits per heavy atom. The van der Waals surface area contributed by atoms with Crippen LogP contribution in [-0.2, 0) is 9.53 Å². The normalized spacial score (nSPS) is 12.3. The van der Waals surface area contributed by atoms with Gasteiger partial charge in [-0.1, -0.05) is 11.6 Å². The summed E-state index contributed by atoms with van der Waals surface area (Å²) in [6, 6.07) is 2.24. The monoisotopic (exact) mass is 296 g/mol. The van der Waals surface area contributed by atoms with Gasteiger partial charge >= 0.3 is 5.97 Å². The van der Waals surface area contributed by atoms with E-state index in [1.54, 1.807) is 0 Å². The number of rotatable bonds is 2. The van der Waals surface area contributed by atoms with Crippen molar-refractivity contribution in [2.45, 2.75) is 6.10 Å². The van der Waals surface area contributed by atoms with Crippen LogP contribution in [0.1, 0.15) is 11.7 Å². The second kappa shape index (κ2) is 4.92. The Morgan fingerprint density at radius 2 is 2.27 bits per heavy atom. The molecule has 82 valence electrons. The van der Waals surface area contributed by atoms with Crippen molar-refractivity contribution in [1.29, 1.82) is 0 Å². The molecule has 1 atom stereocenters. The van der Waals surface area contributed by atoms with Crippen molar-refractivity contribution >= 4 is 33.5 Å². The molecule has 0 saturated carbocycles. The van der Waals surface area contributed by atoms with Crippen LogP contribution < -0.4 is 0 Å². The molecule has 1 unspecified atom stereocenters. The summed E-state index contributed by atoms with van der Waals surface area (Å²) >= 11 is 8.59. The number of methoxy groups -OCH3 is 1. The molecular formula is C9H7BrClFO3. The summed E-state index contributed by atoms with van der Waals surface area (Å²) in [4.78, 5) is 11.0. The molecule has 0 aliphatic heterocycles. The van der Waals surface area contributed by atoms with Gasteiger partial charge in [0.25, 0.3) is 0 Å². The third-order valence-corrected chi connectivity index (χ3v) is 2.69. The highest BCUT2D eigenvalue weighted by Crippen LogP contribution is 2.29. The van der Waals surface area contributed by atoms with Gasteiger partial charge in [-0.25, -0.2) is 9.18 Å². The molecule has 0 amide bonds. The molecular weight excluding hydrogens is 290 g/mol. The predicted octanol–water partition coefficient (Wildman–Crippen LogP) is 2.45. The summed E-state index contributed by atoms with van der Waals surface area (Å²) in [5, 5.41) is 9.45. The Bertz CT molecular complexity index is 397. The summed E-state index contributed by atoms with van der Waals surface area (Å²) in [5.74, 6) is -1.42. The molecule has 0 fully saturated rings. The van der Waals surface area contributed by atoms with E-state index in [1.165, 1.54) is 6.07 Å². The van der Waals surface area contributed by atoms with Crippen molar-refractivity contribution in [3.05, 3.63) is 33.0 Å². The van der Waals surface area contributed by atoms with E-state index in [0.29, 0.717) is 0 Å². The zero-order valence-electron chi connectivity index (χ0n) is 7.63. The van der Waals surface area contributed by atoms with Crippen molar-refractivity contribution in [2.75, 3.05) is 7.11 Å². The van der Waals surface area contributed by atoms with Crippen LogP contribution in [0.3, 0.4) is 0 Å². The number of hydrogen-bond acceptors (Lipinski definition) is 3. The molecule has 1 rings (SSSR count). The third kappa shape index (κ3) is 2.68. The Morgan fingerprint density at radius 1 is 1.67 bits per heavy atom. The number of carbonyl (C=O) groups excluding carboxylic acids is 1. The molecule has 3 nitrogen and oxygen atoms in total. The van der Waals surface area contributed by atoms with Gasteiger partial charge in [0.2, 0.25) is 0 Å². The lowest BCUT2D eigenvalue weighted by molar-refractivity contribution is -0.150. The minimum absolute atomic E-state index is 0.0337. The summed E-state index contributed by atoms with van der Waals surface area (Å²) < 4.78 is 17.4. The van der Waals surface area contributed by atoms with Gasteiger partial charge in [-0.15, -0.1) is 0 Å². The van der Waals surface area contributed by atoms with E-state index in [2.05, 4.69) is 20.7 Å². The highest BCUT2D eigenvalue weighted by atomic mass is 79.9. The molecule has 0 spiro atoms. The number of ether oxygens (including phenoxy) is 1. The van der Waals surface area contributed by atoms with Gasteiger partial charge in [-0.05, 0) is 28.1 Å². The first kappa shape index (κ1) is 12.4. The summed E-state index contributed by atoms with van der Waals surface area (Å²) in [5.41, 5.74) is 0.0943. The van der Waals surface area contributed by atoms with Gasteiger partial charge in [0, 0.05) is 10.6 Å². The highest BCUT2D eigenvalue weighted by Gasteiger charge is 2.22. The van der Waals surface area contributed by atoms with Crippen LogP contribution in [0, 0.1) is 5.82 Å². The minimum atomic E-state index is -1.51. The predicted molar refractivity (Wildman–Crippen MR) is 56.1 cm³/mol. The molecule has 1 aromatic rings. The topological polar surface area (TPSA) is 46.5 Å². The maximum Gasteiger partial charge on any atom is 0.339 e. The van der Waals surface area contributed by atoms with Gasteiger partial charge in [-0.2, -0.15) is 0 Å². The average Bonchev–Trinajstić information content (AvgIpc) is 2.21. The maximum atomic E-state index is 13.0. The fourth-order valence-electron chi connectivity index (χ4n) is 0.986. The smallest absolute Gasteiger partial charge is 0.339 e. The summed E-state index contributed by atoms with van der Waals surface area (Å²) in [6.07, 6.45) is -1.51. The first-order valence-electron chi connectivity index (χ1n) is 3.87. The van der Waals surface area contributed by atoms with Crippen LogP contribution in [0.2, 0.25) is 5.02 Å². The lowest BCUT2D eigenvalue weighted by atomic mass is 10.1. The average molecular weight is 298 g/mol. The number of aliphatic hydroxyl groups is 1. The molecule has 1 N–H and O–H groups in total. The van der Waals surface area contributed by atoms with E-state index in [4.69, 9.17) is 11.6 Å². The fraction of sp³-hybridized carbons (Fsp3) is 0.222. The van der Waals surface area contributed by atoms with Crippen molar-refractivity contribution in [2.24, 2.45) is 0 Å². The standard InChI is InChI=1S/C9H7BrClFO3/c1-15-9(14)8(13)4-2-5(10)7(12)3-6(4)11/h2-3,8,13H,1H3. The van der Waals surface area contributed by atoms with Crippen LogP contribution in [0.15, 0.2) is 16.6 Å². The van der Waals surface area contributed by atoms with E-state index in [0.717, 1.165) is 13.2 Å². The zero-order valence-corrected chi connectivity index (χ0v) is 9.97. The third-order valence-electron chi connectivity index (χ3n) is 1.76. The summed E-state index contributed by atoms with van der Waals surface area (Å²) in [7, 11) is 1.14. The number of benzene rings is 1. The first-order chi connectivity index (χ1) is 6.97. The Kier molecular flexibility index (Phi) is 4.07. The van der Waals surface area contributed by atoms with Crippen LogP contribution in [0.25, 0.3) is 0 Å². The van der Waals surface area contributed by atoms with E-state index >= 15 is 0 Å². The van der Waals surface area contributed by atoms with Gasteiger partial charge in [0.1, 0.15) is 5.82 Å². The van der Waals surface area contributed by atoms with Crippen molar-refractivity contribution in [1.82, 2.24) is 0 Å². The van der Waals surface area contributed by atoms with Gasteiger partial charge in [0.05, 0.1) is 11.6 Å². The minimum Gasteiger partial charge on any atom is -0.467 e. The Balaban J connectivity index is 3.14. The van der Waals surface area contributed by atoms with Crippen LogP contribution >= 0.6 is 27.5 Å². The zero-order chi connectivity index (χ0) is 11.6. The fourth-order valence-corrected chi connectivity index (χ4v) is 1.60. The van der Waals surface area contributed by atoms with E-state index in [9.17, 15) is 14.3 Å². The molecule has 0 radical (unpaired) electrons. The maximum absolute atomic E-state index is 13.0. The second-order valence-electron chi connectivity index (χ2n) is 2.71. The number of aliphatic hydroxyl groups excluding tert-OH is 1. The first-order valence-corrected chi connectivity index (χ1v) is 5.04. The van der Waals surface area contributed by atoms with Crippen molar-refractivity contribution < 1.29 is 19.0 Å².